The first-order valence-electron chi connectivity index (χ1n) is 3.67. The Hall–Kier alpha value is -0.280. The van der Waals surface area contributed by atoms with Crippen molar-refractivity contribution in [2.75, 3.05) is 12.4 Å². The molecule has 3 nitrogen and oxygen atoms in total. The summed E-state index contributed by atoms with van der Waals surface area (Å²) in [6.45, 7) is 1.95. The van der Waals surface area contributed by atoms with E-state index in [-0.39, 0.29) is 5.91 Å². The summed E-state index contributed by atoms with van der Waals surface area (Å²) in [7, 11) is 0. The molecule has 0 bridgehead atoms. The van der Waals surface area contributed by atoms with Crippen molar-refractivity contribution in [3.05, 3.63) is 0 Å². The molecule has 1 atom stereocenters. The Labute approximate surface area is 71.7 Å². The second-order valence-electron chi connectivity index (χ2n) is 2.45. The van der Waals surface area contributed by atoms with Crippen LogP contribution in [-0.2, 0) is 4.79 Å². The molecule has 0 radical (unpaired) electrons. The van der Waals surface area contributed by atoms with Gasteiger partial charge in [0.25, 0.3) is 0 Å². The highest BCUT2D eigenvalue weighted by molar-refractivity contribution is 6.17. The van der Waals surface area contributed by atoms with Gasteiger partial charge in [-0.2, -0.15) is 0 Å². The first-order chi connectivity index (χ1) is 5.16. The van der Waals surface area contributed by atoms with E-state index >= 15 is 0 Å². The Morgan fingerprint density at radius 3 is 2.82 bits per heavy atom. The maximum Gasteiger partial charge on any atom is 0.220 e. The Bertz CT molecular complexity index is 117. The van der Waals surface area contributed by atoms with Crippen LogP contribution in [0.25, 0.3) is 0 Å². The second kappa shape index (κ2) is 6.43. The first-order valence-corrected chi connectivity index (χ1v) is 4.21. The molecule has 0 aromatic carbocycles. The molecular formula is C7H14ClNO2. The van der Waals surface area contributed by atoms with E-state index < -0.39 is 6.10 Å². The number of nitrogens with one attached hydrogen (secondary N) is 1. The van der Waals surface area contributed by atoms with Gasteiger partial charge in [0, 0.05) is 18.8 Å². The van der Waals surface area contributed by atoms with Crippen LogP contribution in [-0.4, -0.2) is 29.5 Å². The summed E-state index contributed by atoms with van der Waals surface area (Å²) in [5, 5.41) is 11.4. The Kier molecular flexibility index (Phi) is 6.27. The highest BCUT2D eigenvalue weighted by atomic mass is 35.5. The number of rotatable bonds is 5. The molecule has 0 aromatic rings. The van der Waals surface area contributed by atoms with Crippen molar-refractivity contribution < 1.29 is 9.90 Å². The molecule has 0 saturated heterocycles. The van der Waals surface area contributed by atoms with Crippen LogP contribution in [0.2, 0.25) is 0 Å². The van der Waals surface area contributed by atoms with E-state index in [2.05, 4.69) is 5.32 Å². The summed E-state index contributed by atoms with van der Waals surface area (Å²) in [5.74, 6) is 0.453. The van der Waals surface area contributed by atoms with Crippen LogP contribution in [0.15, 0.2) is 0 Å². The number of hydrogen-bond acceptors (Lipinski definition) is 2. The number of carbonyl (C=O) groups excluding carboxylic acids is 1. The molecule has 0 aliphatic carbocycles. The lowest BCUT2D eigenvalue weighted by molar-refractivity contribution is -0.121. The van der Waals surface area contributed by atoms with Gasteiger partial charge in [-0.1, -0.05) is 0 Å². The van der Waals surface area contributed by atoms with Crippen molar-refractivity contribution in [3.63, 3.8) is 0 Å². The highest BCUT2D eigenvalue weighted by Crippen LogP contribution is 1.91. The topological polar surface area (TPSA) is 49.3 Å². The third kappa shape index (κ3) is 7.62. The number of amides is 1. The number of halogens is 1. The van der Waals surface area contributed by atoms with E-state index in [1.165, 1.54) is 0 Å². The third-order valence-corrected chi connectivity index (χ3v) is 1.40. The average molecular weight is 180 g/mol. The molecule has 0 unspecified atom stereocenters. The minimum absolute atomic E-state index is 0.0495. The van der Waals surface area contributed by atoms with Gasteiger partial charge in [0.1, 0.15) is 0 Å². The van der Waals surface area contributed by atoms with Gasteiger partial charge in [-0.05, 0) is 13.3 Å². The van der Waals surface area contributed by atoms with Crippen molar-refractivity contribution in [3.8, 4) is 0 Å². The van der Waals surface area contributed by atoms with Crippen molar-refractivity contribution >= 4 is 17.5 Å². The highest BCUT2D eigenvalue weighted by Gasteiger charge is 2.01. The monoisotopic (exact) mass is 179 g/mol. The van der Waals surface area contributed by atoms with Gasteiger partial charge < -0.3 is 10.4 Å². The van der Waals surface area contributed by atoms with Crippen LogP contribution >= 0.6 is 11.6 Å². The van der Waals surface area contributed by atoms with E-state index in [1.54, 1.807) is 6.92 Å². The molecule has 0 aromatic heterocycles. The van der Waals surface area contributed by atoms with Crippen LogP contribution in [0.4, 0.5) is 0 Å². The first kappa shape index (κ1) is 10.7. The van der Waals surface area contributed by atoms with Gasteiger partial charge in [-0.25, -0.2) is 0 Å². The van der Waals surface area contributed by atoms with Crippen molar-refractivity contribution in [1.29, 1.82) is 0 Å². The molecule has 2 N–H and O–H groups in total. The zero-order valence-corrected chi connectivity index (χ0v) is 7.40. The molecule has 0 aliphatic heterocycles. The largest absolute Gasteiger partial charge is 0.392 e. The third-order valence-electron chi connectivity index (χ3n) is 1.13. The molecule has 0 rings (SSSR count). The maximum atomic E-state index is 10.8. The molecule has 0 heterocycles. The van der Waals surface area contributed by atoms with Gasteiger partial charge in [-0.15, -0.1) is 11.6 Å². The van der Waals surface area contributed by atoms with E-state index in [0.717, 1.165) is 0 Å². The van der Waals surface area contributed by atoms with Gasteiger partial charge in [0.15, 0.2) is 0 Å². The standard InChI is InChI=1S/C7H14ClNO2/c1-6(10)5-9-7(11)3-2-4-8/h6,10H,2-5H2,1H3,(H,9,11)/t6-/m1/s1. The summed E-state index contributed by atoms with van der Waals surface area (Å²) in [5.41, 5.74) is 0. The SMILES string of the molecule is C[C@@H](O)CNC(=O)CCCCl. The van der Waals surface area contributed by atoms with Gasteiger partial charge >= 0.3 is 0 Å². The van der Waals surface area contributed by atoms with E-state index in [4.69, 9.17) is 16.7 Å². The Morgan fingerprint density at radius 2 is 2.36 bits per heavy atom. The number of hydrogen-bond donors (Lipinski definition) is 2. The summed E-state index contributed by atoms with van der Waals surface area (Å²) in [4.78, 5) is 10.8. The maximum absolute atomic E-state index is 10.8. The van der Waals surface area contributed by atoms with Crippen molar-refractivity contribution in [1.82, 2.24) is 5.32 Å². The van der Waals surface area contributed by atoms with Crippen LogP contribution < -0.4 is 5.32 Å². The lowest BCUT2D eigenvalue weighted by atomic mass is 10.3. The van der Waals surface area contributed by atoms with E-state index in [9.17, 15) is 4.79 Å². The fourth-order valence-electron chi connectivity index (χ4n) is 0.577. The smallest absolute Gasteiger partial charge is 0.220 e. The molecule has 0 aliphatic rings. The molecule has 0 spiro atoms. The number of aliphatic hydroxyl groups is 1. The van der Waals surface area contributed by atoms with Gasteiger partial charge in [-0.3, -0.25) is 4.79 Å². The molecule has 1 amide bonds. The lowest BCUT2D eigenvalue weighted by Crippen LogP contribution is -2.30. The molecule has 0 saturated carbocycles. The van der Waals surface area contributed by atoms with Crippen molar-refractivity contribution in [2.24, 2.45) is 0 Å². The summed E-state index contributed by atoms with van der Waals surface area (Å²) in [6.07, 6.45) is 0.651. The molecule has 11 heavy (non-hydrogen) atoms. The molecule has 4 heteroatoms. The number of aliphatic hydroxyl groups excluding tert-OH is 1. The zero-order valence-electron chi connectivity index (χ0n) is 6.64. The van der Waals surface area contributed by atoms with Crippen LogP contribution in [0.1, 0.15) is 19.8 Å². The normalized spacial score (nSPS) is 12.6. The minimum atomic E-state index is -0.477. The Balaban J connectivity index is 3.23. The predicted molar refractivity (Wildman–Crippen MR) is 44.6 cm³/mol. The van der Waals surface area contributed by atoms with Gasteiger partial charge in [0.05, 0.1) is 6.10 Å². The molecule has 66 valence electrons. The lowest BCUT2D eigenvalue weighted by Gasteiger charge is -2.05. The quantitative estimate of drug-likeness (QED) is 0.604. The van der Waals surface area contributed by atoms with E-state index in [1.807, 2.05) is 0 Å². The number of carbonyl (C=O) groups is 1. The minimum Gasteiger partial charge on any atom is -0.392 e. The molecule has 0 fully saturated rings. The van der Waals surface area contributed by atoms with Crippen LogP contribution in [0.5, 0.6) is 0 Å². The Morgan fingerprint density at radius 1 is 1.73 bits per heavy atom. The summed E-state index contributed by atoms with van der Waals surface area (Å²) >= 11 is 5.38. The fraction of sp³-hybridized carbons (Fsp3) is 0.857. The van der Waals surface area contributed by atoms with Crippen LogP contribution in [0.3, 0.4) is 0 Å². The summed E-state index contributed by atoms with van der Waals surface area (Å²) in [6, 6.07) is 0. The molecular weight excluding hydrogens is 166 g/mol. The number of alkyl halides is 1. The van der Waals surface area contributed by atoms with E-state index in [0.29, 0.717) is 25.3 Å². The summed E-state index contributed by atoms with van der Waals surface area (Å²) < 4.78 is 0. The van der Waals surface area contributed by atoms with Crippen molar-refractivity contribution in [2.45, 2.75) is 25.9 Å². The zero-order chi connectivity index (χ0) is 8.69. The van der Waals surface area contributed by atoms with Crippen LogP contribution in [0, 0.1) is 0 Å². The second-order valence-corrected chi connectivity index (χ2v) is 2.82. The predicted octanol–water partition coefficient (Wildman–Crippen LogP) is 0.502. The van der Waals surface area contributed by atoms with Gasteiger partial charge in [0.2, 0.25) is 5.91 Å². The fourth-order valence-corrected chi connectivity index (χ4v) is 0.711. The average Bonchev–Trinajstić information content (AvgIpc) is 1.97.